The molecule has 0 aromatic heterocycles. The molecule has 1 aliphatic heterocycles. The summed E-state index contributed by atoms with van der Waals surface area (Å²) in [6.07, 6.45) is 0. The smallest absolute Gasteiger partial charge is 0.371 e. The molecule has 0 bridgehead atoms. The van der Waals surface area contributed by atoms with E-state index in [0.717, 1.165) is 0 Å². The molecule has 0 saturated heterocycles. The molecule has 0 saturated carbocycles. The van der Waals surface area contributed by atoms with Crippen LogP contribution in [0.2, 0.25) is 0 Å². The highest BCUT2D eigenvalue weighted by Crippen LogP contribution is 2.34. The van der Waals surface area contributed by atoms with Gasteiger partial charge in [0.2, 0.25) is 0 Å². The van der Waals surface area contributed by atoms with Crippen LogP contribution in [0.15, 0.2) is 24.3 Å². The van der Waals surface area contributed by atoms with Crippen LogP contribution in [0.4, 0.5) is 0 Å². The van der Waals surface area contributed by atoms with Crippen LogP contribution in [0.3, 0.4) is 0 Å². The standard InChI is InChI=1S/C7H6O5S/c8-13(9,10)7-11-5-3-1-2-4-6(5)12-7/h1-4,7H,(H,8,9,10). The first kappa shape index (κ1) is 8.33. The van der Waals surface area contributed by atoms with Crippen molar-refractivity contribution in [1.82, 2.24) is 0 Å². The summed E-state index contributed by atoms with van der Waals surface area (Å²) in [6, 6.07) is 6.46. The van der Waals surface area contributed by atoms with E-state index in [1.54, 1.807) is 24.3 Å². The Morgan fingerprint density at radius 3 is 2.00 bits per heavy atom. The van der Waals surface area contributed by atoms with E-state index < -0.39 is 15.7 Å². The van der Waals surface area contributed by atoms with Crippen LogP contribution in [0.1, 0.15) is 0 Å². The Balaban J connectivity index is 2.33. The van der Waals surface area contributed by atoms with Gasteiger partial charge >= 0.3 is 15.7 Å². The molecule has 0 aliphatic carbocycles. The van der Waals surface area contributed by atoms with Crippen LogP contribution in [0, 0.1) is 0 Å². The average molecular weight is 202 g/mol. The van der Waals surface area contributed by atoms with Gasteiger partial charge in [0.1, 0.15) is 0 Å². The third kappa shape index (κ3) is 1.45. The molecular weight excluding hydrogens is 196 g/mol. The largest absolute Gasteiger partial charge is 0.436 e. The van der Waals surface area contributed by atoms with Crippen molar-refractivity contribution in [3.63, 3.8) is 0 Å². The highest BCUT2D eigenvalue weighted by atomic mass is 32.2. The van der Waals surface area contributed by atoms with E-state index in [0.29, 0.717) is 11.5 Å². The molecule has 1 aromatic carbocycles. The van der Waals surface area contributed by atoms with Crippen molar-refractivity contribution in [2.75, 3.05) is 0 Å². The predicted octanol–water partition coefficient (Wildman–Crippen LogP) is 0.629. The molecule has 0 radical (unpaired) electrons. The molecule has 0 amide bonds. The van der Waals surface area contributed by atoms with Gasteiger partial charge in [0.05, 0.1) is 0 Å². The minimum absolute atomic E-state index is 0.310. The topological polar surface area (TPSA) is 72.8 Å². The van der Waals surface area contributed by atoms with E-state index >= 15 is 0 Å². The average Bonchev–Trinajstić information content (AvgIpc) is 2.45. The predicted molar refractivity (Wildman–Crippen MR) is 43.0 cm³/mol. The second kappa shape index (κ2) is 2.61. The molecule has 5 nitrogen and oxygen atoms in total. The molecule has 1 aliphatic rings. The van der Waals surface area contributed by atoms with Gasteiger partial charge in [0.25, 0.3) is 0 Å². The SMILES string of the molecule is O=S(=O)(O)C1Oc2ccccc2O1. The summed E-state index contributed by atoms with van der Waals surface area (Å²) < 4.78 is 39.4. The second-order valence-corrected chi connectivity index (χ2v) is 3.90. The number of hydrogen-bond acceptors (Lipinski definition) is 4. The van der Waals surface area contributed by atoms with Gasteiger partial charge in [-0.3, -0.25) is 4.55 Å². The lowest BCUT2D eigenvalue weighted by Crippen LogP contribution is -2.28. The van der Waals surface area contributed by atoms with Gasteiger partial charge in [-0.25, -0.2) is 0 Å². The quantitative estimate of drug-likeness (QED) is 0.676. The van der Waals surface area contributed by atoms with Crippen molar-refractivity contribution < 1.29 is 22.4 Å². The fourth-order valence-electron chi connectivity index (χ4n) is 0.998. The van der Waals surface area contributed by atoms with Gasteiger partial charge in [0.15, 0.2) is 11.5 Å². The van der Waals surface area contributed by atoms with Crippen LogP contribution < -0.4 is 9.47 Å². The normalized spacial score (nSPS) is 16.1. The zero-order valence-corrected chi connectivity index (χ0v) is 7.19. The summed E-state index contributed by atoms with van der Waals surface area (Å²) in [4.78, 5) is 0. The Bertz CT molecular complexity index is 399. The third-order valence-electron chi connectivity index (χ3n) is 1.54. The molecule has 13 heavy (non-hydrogen) atoms. The Hall–Kier alpha value is -1.27. The molecule has 70 valence electrons. The monoisotopic (exact) mass is 202 g/mol. The summed E-state index contributed by atoms with van der Waals surface area (Å²) in [6.45, 7) is 0. The van der Waals surface area contributed by atoms with E-state index in [1.807, 2.05) is 0 Å². The maximum atomic E-state index is 10.6. The summed E-state index contributed by atoms with van der Waals surface area (Å²) in [7, 11) is -4.31. The first-order valence-corrected chi connectivity index (χ1v) is 4.96. The number of ether oxygens (including phenoxy) is 2. The van der Waals surface area contributed by atoms with Gasteiger partial charge in [-0.2, -0.15) is 8.42 Å². The second-order valence-electron chi connectivity index (χ2n) is 2.49. The lowest BCUT2D eigenvalue weighted by molar-refractivity contribution is 0.114. The van der Waals surface area contributed by atoms with E-state index in [4.69, 9.17) is 14.0 Å². The lowest BCUT2D eigenvalue weighted by atomic mass is 10.3. The third-order valence-corrected chi connectivity index (χ3v) is 2.22. The van der Waals surface area contributed by atoms with E-state index in [-0.39, 0.29) is 0 Å². The van der Waals surface area contributed by atoms with Crippen LogP contribution in [0.5, 0.6) is 11.5 Å². The fourth-order valence-corrected chi connectivity index (χ4v) is 1.45. The summed E-state index contributed by atoms with van der Waals surface area (Å²) in [5.74, 6) is 0.621. The van der Waals surface area contributed by atoms with E-state index in [1.165, 1.54) is 0 Å². The molecule has 0 unspecified atom stereocenters. The Labute approximate surface area is 74.6 Å². The van der Waals surface area contributed by atoms with E-state index in [2.05, 4.69) is 0 Å². The first-order valence-electron chi connectivity index (χ1n) is 3.46. The zero-order valence-electron chi connectivity index (χ0n) is 6.38. The highest BCUT2D eigenvalue weighted by molar-refractivity contribution is 7.86. The van der Waals surface area contributed by atoms with E-state index in [9.17, 15) is 8.42 Å². The maximum absolute atomic E-state index is 10.6. The lowest BCUT2D eigenvalue weighted by Gasteiger charge is -2.04. The minimum Gasteiger partial charge on any atom is -0.436 e. The molecule has 1 aromatic rings. The van der Waals surface area contributed by atoms with Crippen molar-refractivity contribution >= 4 is 10.1 Å². The van der Waals surface area contributed by atoms with Gasteiger partial charge in [-0.1, -0.05) is 12.1 Å². The Morgan fingerprint density at radius 1 is 1.15 bits per heavy atom. The molecule has 0 spiro atoms. The van der Waals surface area contributed by atoms with Crippen molar-refractivity contribution in [3.05, 3.63) is 24.3 Å². The number of benzene rings is 1. The first-order chi connectivity index (χ1) is 6.07. The Morgan fingerprint density at radius 2 is 1.62 bits per heavy atom. The summed E-state index contributed by atoms with van der Waals surface area (Å²) >= 11 is 0. The van der Waals surface area contributed by atoms with Crippen LogP contribution >= 0.6 is 0 Å². The maximum Gasteiger partial charge on any atom is 0.371 e. The molecule has 0 atom stereocenters. The molecule has 0 fully saturated rings. The van der Waals surface area contributed by atoms with Gasteiger partial charge < -0.3 is 9.47 Å². The van der Waals surface area contributed by atoms with Gasteiger partial charge in [0, 0.05) is 0 Å². The van der Waals surface area contributed by atoms with Crippen molar-refractivity contribution in [2.24, 2.45) is 0 Å². The fraction of sp³-hybridized carbons (Fsp3) is 0.143. The van der Waals surface area contributed by atoms with Crippen LogP contribution in [-0.2, 0) is 10.1 Å². The minimum atomic E-state index is -4.31. The highest BCUT2D eigenvalue weighted by Gasteiger charge is 2.34. The van der Waals surface area contributed by atoms with Crippen molar-refractivity contribution in [3.8, 4) is 11.5 Å². The number of para-hydroxylation sites is 2. The van der Waals surface area contributed by atoms with Gasteiger partial charge in [-0.15, -0.1) is 0 Å². The molecule has 6 heteroatoms. The zero-order chi connectivity index (χ0) is 9.47. The van der Waals surface area contributed by atoms with Crippen LogP contribution in [0.25, 0.3) is 0 Å². The van der Waals surface area contributed by atoms with Gasteiger partial charge in [-0.05, 0) is 12.1 Å². The Kier molecular flexibility index (Phi) is 1.67. The molecule has 1 heterocycles. The molecule has 1 N–H and O–H groups in total. The number of hydrogen-bond donors (Lipinski definition) is 1. The molecule has 2 rings (SSSR count). The summed E-state index contributed by atoms with van der Waals surface area (Å²) in [5, 5.41) is 0. The van der Waals surface area contributed by atoms with Crippen molar-refractivity contribution in [2.45, 2.75) is 5.62 Å². The summed E-state index contributed by atoms with van der Waals surface area (Å²) in [5.41, 5.74) is -1.63. The number of rotatable bonds is 1. The van der Waals surface area contributed by atoms with Crippen molar-refractivity contribution in [1.29, 1.82) is 0 Å². The molecular formula is C7H6O5S. The van der Waals surface area contributed by atoms with Crippen LogP contribution in [-0.4, -0.2) is 18.6 Å². The number of fused-ring (bicyclic) bond motifs is 1.